The van der Waals surface area contributed by atoms with Gasteiger partial charge in [0.25, 0.3) is 0 Å². The summed E-state index contributed by atoms with van der Waals surface area (Å²) in [6.07, 6.45) is 1.25. The van der Waals surface area contributed by atoms with Crippen LogP contribution in [0, 0.1) is 10.8 Å². The van der Waals surface area contributed by atoms with E-state index in [-0.39, 0.29) is 9.20 Å². The van der Waals surface area contributed by atoms with Crippen molar-refractivity contribution in [3.63, 3.8) is 0 Å². The third-order valence-electron chi connectivity index (χ3n) is 5.32. The van der Waals surface area contributed by atoms with Crippen molar-refractivity contribution in [2.75, 3.05) is 46.3 Å². The molecular weight excluding hydrogens is 369 g/mol. The third kappa shape index (κ3) is 2.54. The minimum absolute atomic E-state index is 0.191. The molecule has 3 fully saturated rings. The van der Waals surface area contributed by atoms with Gasteiger partial charge in [-0.1, -0.05) is 6.92 Å². The maximum Gasteiger partial charge on any atom is 0.198 e. The molecule has 3 aliphatic rings. The minimum Gasteiger partial charge on any atom is -0.365 e. The van der Waals surface area contributed by atoms with Crippen molar-refractivity contribution in [1.29, 1.82) is 0 Å². The first-order valence-electron chi connectivity index (χ1n) is 7.38. The van der Waals surface area contributed by atoms with E-state index in [4.69, 9.17) is 0 Å². The van der Waals surface area contributed by atoms with Crippen molar-refractivity contribution in [2.45, 2.75) is 26.1 Å². The van der Waals surface area contributed by atoms with Gasteiger partial charge in [-0.05, 0) is 19.9 Å². The second-order valence-corrected chi connectivity index (χ2v) is 8.27. The van der Waals surface area contributed by atoms with E-state index in [9.17, 15) is 9.90 Å². The lowest BCUT2D eigenvalue weighted by atomic mass is 9.73. The molecule has 3 aliphatic heterocycles. The van der Waals surface area contributed by atoms with Gasteiger partial charge in [0, 0.05) is 72.7 Å². The van der Waals surface area contributed by atoms with E-state index in [1.54, 1.807) is 0 Å². The van der Waals surface area contributed by atoms with Gasteiger partial charge in [0.05, 0.1) is 0 Å². The van der Waals surface area contributed by atoms with Gasteiger partial charge < -0.3 is 10.0 Å². The summed E-state index contributed by atoms with van der Waals surface area (Å²) in [6.45, 7) is 8.03. The maximum absolute atomic E-state index is 11.7. The van der Waals surface area contributed by atoms with Crippen LogP contribution in [0.1, 0.15) is 19.8 Å². The van der Waals surface area contributed by atoms with Crippen molar-refractivity contribution in [1.82, 2.24) is 14.7 Å². The molecule has 0 bridgehead atoms. The topological polar surface area (TPSA) is 47.0 Å². The summed E-state index contributed by atoms with van der Waals surface area (Å²) in [7, 11) is 2.15. The molecule has 0 amide bonds. The predicted octanol–water partition coefficient (Wildman–Crippen LogP) is 0.573. The third-order valence-corrected chi connectivity index (χ3v) is 6.62. The second-order valence-electron chi connectivity index (χ2n) is 7.29. The predicted molar refractivity (Wildman–Crippen MR) is 85.5 cm³/mol. The Morgan fingerprint density at radius 3 is 2.15 bits per heavy atom. The summed E-state index contributed by atoms with van der Waals surface area (Å²) in [6, 6.07) is 0. The lowest BCUT2D eigenvalue weighted by Crippen LogP contribution is -2.74. The zero-order chi connectivity index (χ0) is 14.5. The Morgan fingerprint density at radius 2 is 1.70 bits per heavy atom. The molecule has 0 radical (unpaired) electrons. The fourth-order valence-corrected chi connectivity index (χ4v) is 4.49. The van der Waals surface area contributed by atoms with E-state index in [2.05, 4.69) is 21.7 Å². The molecule has 1 N–H and O–H groups in total. The van der Waals surface area contributed by atoms with Crippen molar-refractivity contribution in [3.8, 4) is 0 Å². The summed E-state index contributed by atoms with van der Waals surface area (Å²) in [5.74, 6) is 0. The van der Waals surface area contributed by atoms with Gasteiger partial charge in [0.1, 0.15) is 0 Å². The molecule has 5 nitrogen and oxygen atoms in total. The van der Waals surface area contributed by atoms with Crippen LogP contribution in [0.2, 0.25) is 0 Å². The highest BCUT2D eigenvalue weighted by Gasteiger charge is 2.52. The number of nitrogens with zero attached hydrogens (tertiary/aromatic N) is 3. The highest BCUT2D eigenvalue weighted by molar-refractivity contribution is 14.1. The molecule has 1 unspecified atom stereocenters. The van der Waals surface area contributed by atoms with E-state index >= 15 is 0 Å². The van der Waals surface area contributed by atoms with Crippen LogP contribution in [-0.4, -0.2) is 76.3 Å². The van der Waals surface area contributed by atoms with Crippen LogP contribution >= 0.6 is 22.6 Å². The lowest BCUT2D eigenvalue weighted by Gasteiger charge is -2.61. The first-order chi connectivity index (χ1) is 9.34. The van der Waals surface area contributed by atoms with Crippen LogP contribution in [0.25, 0.3) is 0 Å². The van der Waals surface area contributed by atoms with Crippen LogP contribution in [0.4, 0.5) is 0 Å². The van der Waals surface area contributed by atoms with Crippen LogP contribution in [-0.2, 0) is 4.79 Å². The van der Waals surface area contributed by atoms with E-state index in [0.29, 0.717) is 5.41 Å². The maximum atomic E-state index is 11.7. The number of aliphatic hydroxyl groups is 1. The summed E-state index contributed by atoms with van der Waals surface area (Å²) < 4.78 is 0.254. The molecule has 3 rings (SSSR count). The SMILES string of the molecule is CN1CC2(C1)CN(C(O)N1CCC(C)(C(=O)I)CC1)C2. The minimum atomic E-state index is -0.458. The number of rotatable bonds is 3. The van der Waals surface area contributed by atoms with E-state index < -0.39 is 6.35 Å². The number of likely N-dealkylation sites (tertiary alicyclic amines) is 3. The average molecular weight is 393 g/mol. The van der Waals surface area contributed by atoms with Gasteiger partial charge in [-0.2, -0.15) is 0 Å². The van der Waals surface area contributed by atoms with Gasteiger partial charge in [-0.25, -0.2) is 0 Å². The Balaban J connectivity index is 1.48. The van der Waals surface area contributed by atoms with Gasteiger partial charge in [0.15, 0.2) is 10.1 Å². The van der Waals surface area contributed by atoms with Crippen LogP contribution in [0.5, 0.6) is 0 Å². The summed E-state index contributed by atoms with van der Waals surface area (Å²) in [4.78, 5) is 18.3. The van der Waals surface area contributed by atoms with Crippen LogP contribution in [0.3, 0.4) is 0 Å². The van der Waals surface area contributed by atoms with E-state index in [1.165, 1.54) is 0 Å². The van der Waals surface area contributed by atoms with Crippen molar-refractivity contribution in [2.24, 2.45) is 10.8 Å². The standard InChI is InChI=1S/C14H24IN3O2/c1-13(11(15)19)3-5-17(6-4-13)12(20)18-9-14(10-18)7-16(2)8-14/h12,20H,3-10H2,1-2H3. The quantitative estimate of drug-likeness (QED) is 0.562. The Hall–Kier alpha value is 0.240. The number of piperidine rings is 1. The monoisotopic (exact) mass is 393 g/mol. The molecule has 3 saturated heterocycles. The van der Waals surface area contributed by atoms with Gasteiger partial charge >= 0.3 is 0 Å². The molecule has 6 heteroatoms. The van der Waals surface area contributed by atoms with Gasteiger partial charge in [0.2, 0.25) is 0 Å². The largest absolute Gasteiger partial charge is 0.365 e. The number of carbonyl (C=O) groups is 1. The Kier molecular flexibility index (Phi) is 3.90. The fourth-order valence-electron chi connectivity index (χ4n) is 3.95. The highest BCUT2D eigenvalue weighted by atomic mass is 127. The molecule has 0 aromatic heterocycles. The zero-order valence-corrected chi connectivity index (χ0v) is 14.5. The lowest BCUT2D eigenvalue weighted by molar-refractivity contribution is -0.215. The van der Waals surface area contributed by atoms with Crippen LogP contribution in [0.15, 0.2) is 0 Å². The summed E-state index contributed by atoms with van der Waals surface area (Å²) in [5, 5.41) is 10.5. The normalized spacial score (nSPS) is 31.6. The molecule has 1 atom stereocenters. The number of halogens is 1. The molecular formula is C14H24IN3O2. The van der Waals surface area contributed by atoms with Gasteiger partial charge in [-0.3, -0.25) is 14.6 Å². The van der Waals surface area contributed by atoms with Crippen LogP contribution < -0.4 is 0 Å². The fraction of sp³-hybridized carbons (Fsp3) is 0.929. The Labute approximate surface area is 134 Å². The number of carbonyl (C=O) groups excluding carboxylic acids is 1. The molecule has 20 heavy (non-hydrogen) atoms. The van der Waals surface area contributed by atoms with E-state index in [1.807, 2.05) is 29.5 Å². The molecule has 3 heterocycles. The number of aliphatic hydroxyl groups excluding tert-OH is 1. The number of hydrogen-bond donors (Lipinski definition) is 1. The first-order valence-corrected chi connectivity index (χ1v) is 8.46. The van der Waals surface area contributed by atoms with Gasteiger partial charge in [-0.15, -0.1) is 0 Å². The molecule has 0 aromatic rings. The zero-order valence-electron chi connectivity index (χ0n) is 12.3. The van der Waals surface area contributed by atoms with Crippen molar-refractivity contribution < 1.29 is 9.90 Å². The molecule has 0 aromatic carbocycles. The van der Waals surface area contributed by atoms with E-state index in [0.717, 1.165) is 52.1 Å². The highest BCUT2D eigenvalue weighted by Crippen LogP contribution is 2.41. The summed E-state index contributed by atoms with van der Waals surface area (Å²) >= 11 is 1.92. The second kappa shape index (κ2) is 5.15. The first kappa shape index (κ1) is 15.1. The Morgan fingerprint density at radius 1 is 1.15 bits per heavy atom. The molecule has 0 saturated carbocycles. The average Bonchev–Trinajstić information content (AvgIpc) is 2.32. The number of hydrogen-bond acceptors (Lipinski definition) is 5. The molecule has 0 aliphatic carbocycles. The summed E-state index contributed by atoms with van der Waals surface area (Å²) in [5.41, 5.74) is 0.266. The Bertz CT molecular complexity index is 395. The smallest absolute Gasteiger partial charge is 0.198 e. The van der Waals surface area contributed by atoms with Crippen molar-refractivity contribution in [3.05, 3.63) is 0 Å². The molecule has 114 valence electrons. The molecule has 1 spiro atoms. The van der Waals surface area contributed by atoms with Crippen molar-refractivity contribution >= 4 is 26.4 Å².